The molecule has 2 aromatic heterocycles. The van der Waals surface area contributed by atoms with Gasteiger partial charge in [-0.1, -0.05) is 18.2 Å². The molecule has 1 atom stereocenters. The van der Waals surface area contributed by atoms with Crippen LogP contribution in [-0.2, 0) is 40.5 Å². The van der Waals surface area contributed by atoms with Crippen LogP contribution in [0.3, 0.4) is 0 Å². The van der Waals surface area contributed by atoms with Crippen LogP contribution in [0.1, 0.15) is 44.4 Å². The molecule has 0 radical (unpaired) electrons. The van der Waals surface area contributed by atoms with Crippen molar-refractivity contribution in [2.24, 2.45) is 0 Å². The Bertz CT molecular complexity index is 1320. The first kappa shape index (κ1) is 25.9. The second-order valence-corrected chi connectivity index (χ2v) is 11.5. The molecule has 2 aromatic carbocycles. The van der Waals surface area contributed by atoms with E-state index in [1.54, 1.807) is 13.2 Å². The predicted octanol–water partition coefficient (Wildman–Crippen LogP) is 5.46. The maximum Gasteiger partial charge on any atom is 0.310 e. The number of carbonyl (C=O) groups is 1. The highest BCUT2D eigenvalue weighted by Gasteiger charge is 2.26. The van der Waals surface area contributed by atoms with Crippen LogP contribution in [0.4, 0.5) is 0 Å². The highest BCUT2D eigenvalue weighted by atomic mass is 32.2. The van der Waals surface area contributed by atoms with Crippen LogP contribution in [0.2, 0.25) is 0 Å². The number of benzene rings is 2. The average molecular weight is 509 g/mol. The first-order chi connectivity index (χ1) is 17.2. The Morgan fingerprint density at radius 1 is 1.14 bits per heavy atom. The number of rotatable bonds is 10. The fraction of sp³-hybridized carbons (Fsp3) is 0.321. The summed E-state index contributed by atoms with van der Waals surface area (Å²) in [6.45, 7) is 8.79. The van der Waals surface area contributed by atoms with Crippen LogP contribution in [0.25, 0.3) is 16.7 Å². The molecule has 0 aliphatic rings. The van der Waals surface area contributed by atoms with Gasteiger partial charge in [-0.15, -0.1) is 4.72 Å². The monoisotopic (exact) mass is 508 g/mol. The summed E-state index contributed by atoms with van der Waals surface area (Å²) in [5.41, 5.74) is 4.43. The van der Waals surface area contributed by atoms with Crippen molar-refractivity contribution in [2.45, 2.75) is 52.0 Å². The van der Waals surface area contributed by atoms with Crippen molar-refractivity contribution in [3.63, 3.8) is 0 Å². The molecule has 0 amide bonds. The van der Waals surface area contributed by atoms with E-state index in [4.69, 9.17) is 13.9 Å². The van der Waals surface area contributed by atoms with Crippen LogP contribution in [0.5, 0.6) is 5.75 Å². The molecule has 0 fully saturated rings. The average Bonchev–Trinajstić information content (AvgIpc) is 3.50. The number of hydrogen-bond donors (Lipinski definition) is 1. The van der Waals surface area contributed by atoms with Gasteiger partial charge in [0.15, 0.2) is 5.58 Å². The number of nitrogens with one attached hydrogen (secondary N) is 1. The van der Waals surface area contributed by atoms with Gasteiger partial charge in [-0.25, -0.2) is 0 Å². The maximum absolute atomic E-state index is 12.3. The number of hydrogen-bond acceptors (Lipinski definition) is 6. The first-order valence-corrected chi connectivity index (χ1v) is 13.1. The van der Waals surface area contributed by atoms with Gasteiger partial charge < -0.3 is 23.0 Å². The van der Waals surface area contributed by atoms with E-state index >= 15 is 0 Å². The zero-order valence-electron chi connectivity index (χ0n) is 21.1. The lowest BCUT2D eigenvalue weighted by Gasteiger charge is -2.23. The molecule has 1 unspecified atom stereocenters. The van der Waals surface area contributed by atoms with E-state index in [0.29, 0.717) is 25.5 Å². The van der Waals surface area contributed by atoms with E-state index in [2.05, 4.69) is 4.72 Å². The number of fused-ring (bicyclic) bond motifs is 1. The van der Waals surface area contributed by atoms with Gasteiger partial charge in [0.05, 0.1) is 31.5 Å². The van der Waals surface area contributed by atoms with E-state index in [-0.39, 0.29) is 17.1 Å². The molecule has 0 aliphatic heterocycles. The van der Waals surface area contributed by atoms with Gasteiger partial charge in [0.25, 0.3) is 0 Å². The summed E-state index contributed by atoms with van der Waals surface area (Å²) >= 11 is -1.14. The molecule has 2 heterocycles. The standard InChI is InChI=1S/C28H32N2O5S/c1-5-33-26(31)16-22-8-6-7-9-25(22)35-19-21-14-23-11-13-34-27(23)24(15-21)30-12-10-20(18-30)17-29-36(32)28(2,3)4/h6-15,18,29H,5,16-17,19H2,1-4H3. The van der Waals surface area contributed by atoms with Crippen LogP contribution in [0.15, 0.2) is 71.6 Å². The number of nitrogens with zero attached hydrogens (tertiary/aromatic N) is 1. The van der Waals surface area contributed by atoms with Gasteiger partial charge in [0.2, 0.25) is 0 Å². The second kappa shape index (κ2) is 11.2. The quantitative estimate of drug-likeness (QED) is 0.226. The zero-order valence-corrected chi connectivity index (χ0v) is 21.9. The highest BCUT2D eigenvalue weighted by molar-refractivity contribution is 7.90. The molecule has 0 bridgehead atoms. The number of carbonyl (C=O) groups excluding carboxylic acids is 1. The van der Waals surface area contributed by atoms with Crippen molar-refractivity contribution in [3.05, 3.63) is 83.9 Å². The summed E-state index contributed by atoms with van der Waals surface area (Å²) in [6.07, 6.45) is 5.80. The molecular weight excluding hydrogens is 476 g/mol. The van der Waals surface area contributed by atoms with Crippen molar-refractivity contribution in [3.8, 4) is 11.4 Å². The number of esters is 1. The number of furan rings is 1. The summed E-state index contributed by atoms with van der Waals surface area (Å²) in [4.78, 5) is 12.0. The molecule has 0 saturated heterocycles. The lowest BCUT2D eigenvalue weighted by Crippen LogP contribution is -2.38. The largest absolute Gasteiger partial charge is 0.598 e. The first-order valence-electron chi connectivity index (χ1n) is 11.9. The third kappa shape index (κ3) is 6.32. The van der Waals surface area contributed by atoms with Gasteiger partial charge in [0, 0.05) is 34.7 Å². The summed E-state index contributed by atoms with van der Waals surface area (Å²) in [7, 11) is 0. The van der Waals surface area contributed by atoms with Gasteiger partial charge in [-0.05, 0) is 69.2 Å². The summed E-state index contributed by atoms with van der Waals surface area (Å²) < 4.78 is 34.1. The van der Waals surface area contributed by atoms with Crippen LogP contribution < -0.4 is 9.46 Å². The fourth-order valence-electron chi connectivity index (χ4n) is 3.78. The van der Waals surface area contributed by atoms with Gasteiger partial charge in [0.1, 0.15) is 17.1 Å². The Hall–Kier alpha value is -3.20. The lowest BCUT2D eigenvalue weighted by atomic mass is 10.1. The highest BCUT2D eigenvalue weighted by Crippen LogP contribution is 2.28. The molecule has 36 heavy (non-hydrogen) atoms. The Morgan fingerprint density at radius 2 is 1.94 bits per heavy atom. The molecule has 0 spiro atoms. The Kier molecular flexibility index (Phi) is 8.08. The number of para-hydroxylation sites is 1. The molecule has 7 nitrogen and oxygen atoms in total. The second-order valence-electron chi connectivity index (χ2n) is 9.46. The summed E-state index contributed by atoms with van der Waals surface area (Å²) in [6, 6.07) is 15.5. The summed E-state index contributed by atoms with van der Waals surface area (Å²) in [5.74, 6) is 0.375. The summed E-state index contributed by atoms with van der Waals surface area (Å²) in [5, 5.41) is 0.966. The van der Waals surface area contributed by atoms with E-state index in [1.165, 1.54) is 0 Å². The van der Waals surface area contributed by atoms with Gasteiger partial charge in [-0.2, -0.15) is 0 Å². The van der Waals surface area contributed by atoms with Crippen LogP contribution in [0, 0.1) is 0 Å². The smallest absolute Gasteiger partial charge is 0.310 e. The third-order valence-electron chi connectivity index (χ3n) is 5.59. The predicted molar refractivity (Wildman–Crippen MR) is 141 cm³/mol. The number of aromatic nitrogens is 1. The van der Waals surface area contributed by atoms with Crippen molar-refractivity contribution in [1.29, 1.82) is 0 Å². The molecule has 1 N–H and O–H groups in total. The molecule has 190 valence electrons. The molecule has 8 heteroatoms. The van der Waals surface area contributed by atoms with Gasteiger partial charge >= 0.3 is 5.97 Å². The van der Waals surface area contributed by atoms with Crippen molar-refractivity contribution < 1.29 is 23.2 Å². The van der Waals surface area contributed by atoms with Crippen LogP contribution in [-0.4, -0.2) is 26.4 Å². The van der Waals surface area contributed by atoms with Crippen LogP contribution >= 0.6 is 0 Å². The third-order valence-corrected chi connectivity index (χ3v) is 7.11. The molecule has 0 saturated carbocycles. The minimum Gasteiger partial charge on any atom is -0.598 e. The molecule has 0 aliphatic carbocycles. The van der Waals surface area contributed by atoms with Crippen molar-refractivity contribution in [1.82, 2.24) is 9.29 Å². The topological polar surface area (TPSA) is 88.7 Å². The minimum atomic E-state index is -1.14. The fourth-order valence-corrected chi connectivity index (χ4v) is 4.51. The minimum absolute atomic E-state index is 0.163. The SMILES string of the molecule is CCOC(=O)Cc1ccccc1OCc1cc(-n2ccc(CN[S+]([O-])C(C)(C)C)c2)c2occc2c1. The van der Waals surface area contributed by atoms with Gasteiger partial charge in [-0.3, -0.25) is 4.79 Å². The Balaban J connectivity index is 1.52. The van der Waals surface area contributed by atoms with E-state index in [1.807, 2.05) is 86.3 Å². The molecule has 4 rings (SSSR count). The lowest BCUT2D eigenvalue weighted by molar-refractivity contribution is -0.142. The normalized spacial score (nSPS) is 12.6. The Morgan fingerprint density at radius 3 is 2.72 bits per heavy atom. The molecule has 4 aromatic rings. The maximum atomic E-state index is 12.3. The zero-order chi connectivity index (χ0) is 25.7. The molecular formula is C28H32N2O5S. The van der Waals surface area contributed by atoms with E-state index < -0.39 is 11.4 Å². The van der Waals surface area contributed by atoms with Crippen molar-refractivity contribution >= 4 is 28.3 Å². The van der Waals surface area contributed by atoms with E-state index in [0.717, 1.165) is 33.3 Å². The Labute approximate surface area is 214 Å². The van der Waals surface area contributed by atoms with Crippen molar-refractivity contribution in [2.75, 3.05) is 6.61 Å². The number of ether oxygens (including phenoxy) is 2. The van der Waals surface area contributed by atoms with E-state index in [9.17, 15) is 9.35 Å².